The summed E-state index contributed by atoms with van der Waals surface area (Å²) in [5.74, 6) is -0.664. The van der Waals surface area contributed by atoms with Gasteiger partial charge in [-0.05, 0) is 40.5 Å². The quantitative estimate of drug-likeness (QED) is 0.775. The summed E-state index contributed by atoms with van der Waals surface area (Å²) in [6, 6.07) is 4.36. The lowest BCUT2D eigenvalue weighted by atomic mass is 10.2. The van der Waals surface area contributed by atoms with Crippen molar-refractivity contribution in [3.8, 4) is 0 Å². The van der Waals surface area contributed by atoms with E-state index < -0.39 is 18.6 Å². The number of hydrogen-bond donors (Lipinski definition) is 0. The third kappa shape index (κ3) is 5.03. The van der Waals surface area contributed by atoms with Gasteiger partial charge in [0, 0.05) is 16.0 Å². The maximum atomic E-state index is 12.4. The van der Waals surface area contributed by atoms with Crippen LogP contribution in [0, 0.1) is 0 Å². The summed E-state index contributed by atoms with van der Waals surface area (Å²) >= 11 is 8.87. The number of hydrogen-bond acceptors (Lipinski definition) is 1. The number of carbonyl (C=O) groups excluding carboxylic acids is 1. The first kappa shape index (κ1) is 16.3. The highest BCUT2D eigenvalue weighted by molar-refractivity contribution is 9.10. The van der Waals surface area contributed by atoms with Crippen LogP contribution in [0.4, 0.5) is 13.2 Å². The number of halogens is 5. The van der Waals surface area contributed by atoms with Crippen LogP contribution in [0.25, 0.3) is 0 Å². The Labute approximate surface area is 122 Å². The Morgan fingerprint density at radius 3 is 2.53 bits per heavy atom. The van der Waals surface area contributed by atoms with Crippen LogP contribution in [0.2, 0.25) is 5.02 Å². The van der Waals surface area contributed by atoms with Crippen LogP contribution >= 0.6 is 27.5 Å². The smallest absolute Gasteiger partial charge is 0.330 e. The zero-order valence-electron chi connectivity index (χ0n) is 10.1. The molecule has 7 heteroatoms. The van der Waals surface area contributed by atoms with E-state index in [-0.39, 0.29) is 12.1 Å². The van der Waals surface area contributed by atoms with Crippen LogP contribution in [0.1, 0.15) is 23.7 Å². The first-order valence-corrected chi connectivity index (χ1v) is 6.72. The lowest BCUT2D eigenvalue weighted by Gasteiger charge is -2.24. The first-order valence-electron chi connectivity index (χ1n) is 5.55. The molecule has 0 spiro atoms. The van der Waals surface area contributed by atoms with Crippen LogP contribution < -0.4 is 0 Å². The summed E-state index contributed by atoms with van der Waals surface area (Å²) in [6.45, 7) is 0.510. The summed E-state index contributed by atoms with van der Waals surface area (Å²) in [5, 5.41) is 0.404. The molecule has 1 aromatic carbocycles. The van der Waals surface area contributed by atoms with Crippen molar-refractivity contribution in [3.05, 3.63) is 33.3 Å². The van der Waals surface area contributed by atoms with E-state index >= 15 is 0 Å². The van der Waals surface area contributed by atoms with Gasteiger partial charge in [0.1, 0.15) is 6.54 Å². The Morgan fingerprint density at radius 1 is 1.42 bits per heavy atom. The van der Waals surface area contributed by atoms with Gasteiger partial charge in [0.15, 0.2) is 0 Å². The Morgan fingerprint density at radius 2 is 2.05 bits per heavy atom. The molecule has 1 amide bonds. The molecule has 0 aliphatic heterocycles. The van der Waals surface area contributed by atoms with Crippen LogP contribution in [-0.4, -0.2) is 30.1 Å². The van der Waals surface area contributed by atoms with Gasteiger partial charge in [-0.2, -0.15) is 13.2 Å². The number of carbonyl (C=O) groups is 1. The molecule has 0 radical (unpaired) electrons. The maximum absolute atomic E-state index is 12.4. The van der Waals surface area contributed by atoms with E-state index in [4.69, 9.17) is 11.6 Å². The Bertz CT molecular complexity index is 465. The standard InChI is InChI=1S/C12H12BrClF3NO/c1-2-5-18(7-12(15,16)17)11(19)9-4-3-8(14)6-10(9)13/h3-4,6H,2,5,7H2,1H3. The SMILES string of the molecule is CCCN(CC(F)(F)F)C(=O)c1ccc(Cl)cc1Br. The predicted molar refractivity (Wildman–Crippen MR) is 71.4 cm³/mol. The van der Waals surface area contributed by atoms with E-state index in [1.165, 1.54) is 18.2 Å². The molecule has 0 bridgehead atoms. The van der Waals surface area contributed by atoms with Crippen molar-refractivity contribution in [2.45, 2.75) is 19.5 Å². The van der Waals surface area contributed by atoms with E-state index in [1.807, 2.05) is 0 Å². The summed E-state index contributed by atoms with van der Waals surface area (Å²) in [4.78, 5) is 12.9. The molecule has 0 aliphatic rings. The van der Waals surface area contributed by atoms with Gasteiger partial charge in [-0.25, -0.2) is 0 Å². The number of benzene rings is 1. The van der Waals surface area contributed by atoms with Gasteiger partial charge in [-0.3, -0.25) is 4.79 Å². The van der Waals surface area contributed by atoms with Crippen molar-refractivity contribution in [2.75, 3.05) is 13.1 Å². The molecule has 0 heterocycles. The zero-order valence-corrected chi connectivity index (χ0v) is 12.4. The largest absolute Gasteiger partial charge is 0.406 e. The Balaban J connectivity index is 2.99. The minimum atomic E-state index is -4.41. The van der Waals surface area contributed by atoms with E-state index in [9.17, 15) is 18.0 Å². The van der Waals surface area contributed by atoms with E-state index in [1.54, 1.807) is 6.92 Å². The van der Waals surface area contributed by atoms with Crippen molar-refractivity contribution in [2.24, 2.45) is 0 Å². The molecular formula is C12H12BrClF3NO. The lowest BCUT2D eigenvalue weighted by Crippen LogP contribution is -2.39. The minimum Gasteiger partial charge on any atom is -0.330 e. The van der Waals surface area contributed by atoms with Crippen LogP contribution in [0.3, 0.4) is 0 Å². The minimum absolute atomic E-state index is 0.0490. The van der Waals surface area contributed by atoms with Gasteiger partial charge < -0.3 is 4.90 Å². The molecule has 0 aliphatic carbocycles. The molecule has 0 fully saturated rings. The van der Waals surface area contributed by atoms with Crippen LogP contribution in [-0.2, 0) is 0 Å². The normalized spacial score (nSPS) is 11.5. The highest BCUT2D eigenvalue weighted by atomic mass is 79.9. The van der Waals surface area contributed by atoms with Gasteiger partial charge in [0.05, 0.1) is 5.56 Å². The molecule has 2 nitrogen and oxygen atoms in total. The van der Waals surface area contributed by atoms with Crippen molar-refractivity contribution in [3.63, 3.8) is 0 Å². The molecule has 0 saturated heterocycles. The summed E-state index contributed by atoms with van der Waals surface area (Å²) in [5.41, 5.74) is 0.169. The first-order chi connectivity index (χ1) is 8.74. The number of nitrogens with zero attached hydrogens (tertiary/aromatic N) is 1. The van der Waals surface area contributed by atoms with Gasteiger partial charge in [-0.1, -0.05) is 18.5 Å². The van der Waals surface area contributed by atoms with Gasteiger partial charge in [0.2, 0.25) is 0 Å². The molecule has 0 aromatic heterocycles. The second-order valence-corrected chi connectivity index (χ2v) is 5.26. The number of alkyl halides is 3. The average molecular weight is 359 g/mol. The van der Waals surface area contributed by atoms with Crippen LogP contribution in [0.5, 0.6) is 0 Å². The Hall–Kier alpha value is -0.750. The molecule has 0 atom stereocenters. The number of amides is 1. The molecule has 0 N–H and O–H groups in total. The summed E-state index contributed by atoms with van der Waals surface area (Å²) in [6.07, 6.45) is -3.96. The number of rotatable bonds is 4. The fourth-order valence-corrected chi connectivity index (χ4v) is 2.42. The summed E-state index contributed by atoms with van der Waals surface area (Å²) < 4.78 is 37.7. The zero-order chi connectivity index (χ0) is 14.6. The molecule has 106 valence electrons. The Kier molecular flexibility index (Phi) is 5.67. The molecular weight excluding hydrogens is 346 g/mol. The van der Waals surface area contributed by atoms with E-state index in [0.717, 1.165) is 4.90 Å². The highest BCUT2D eigenvalue weighted by Crippen LogP contribution is 2.24. The third-order valence-corrected chi connectivity index (χ3v) is 3.20. The van der Waals surface area contributed by atoms with E-state index in [2.05, 4.69) is 15.9 Å². The van der Waals surface area contributed by atoms with E-state index in [0.29, 0.717) is 15.9 Å². The van der Waals surface area contributed by atoms with Crippen molar-refractivity contribution in [1.82, 2.24) is 4.90 Å². The predicted octanol–water partition coefficient (Wildman–Crippen LogP) is 4.52. The molecule has 0 saturated carbocycles. The lowest BCUT2D eigenvalue weighted by molar-refractivity contribution is -0.140. The topological polar surface area (TPSA) is 20.3 Å². The monoisotopic (exact) mass is 357 g/mol. The second kappa shape index (κ2) is 6.61. The molecule has 0 unspecified atom stereocenters. The van der Waals surface area contributed by atoms with Crippen molar-refractivity contribution in [1.29, 1.82) is 0 Å². The van der Waals surface area contributed by atoms with Gasteiger partial charge >= 0.3 is 6.18 Å². The van der Waals surface area contributed by atoms with Crippen molar-refractivity contribution < 1.29 is 18.0 Å². The molecule has 1 aromatic rings. The van der Waals surface area contributed by atoms with Crippen molar-refractivity contribution >= 4 is 33.4 Å². The maximum Gasteiger partial charge on any atom is 0.406 e. The summed E-state index contributed by atoms with van der Waals surface area (Å²) in [7, 11) is 0. The fraction of sp³-hybridized carbons (Fsp3) is 0.417. The second-order valence-electron chi connectivity index (χ2n) is 3.97. The van der Waals surface area contributed by atoms with Crippen LogP contribution in [0.15, 0.2) is 22.7 Å². The average Bonchev–Trinajstić information content (AvgIpc) is 2.26. The highest BCUT2D eigenvalue weighted by Gasteiger charge is 2.33. The van der Waals surface area contributed by atoms with Gasteiger partial charge in [0.25, 0.3) is 5.91 Å². The molecule has 1 rings (SSSR count). The third-order valence-electron chi connectivity index (χ3n) is 2.31. The fourth-order valence-electron chi connectivity index (χ4n) is 1.57. The van der Waals surface area contributed by atoms with Gasteiger partial charge in [-0.15, -0.1) is 0 Å². The molecule has 19 heavy (non-hydrogen) atoms.